The summed E-state index contributed by atoms with van der Waals surface area (Å²) in [5.41, 5.74) is 1.43. The highest BCUT2D eigenvalue weighted by Crippen LogP contribution is 2.15. The normalized spacial score (nSPS) is 18.4. The lowest BCUT2D eigenvalue weighted by molar-refractivity contribution is 0.0761. The molecule has 8 heteroatoms. The Bertz CT molecular complexity index is 797. The van der Waals surface area contributed by atoms with E-state index >= 15 is 0 Å². The number of fused-ring (bicyclic) bond motifs is 1. The van der Waals surface area contributed by atoms with Gasteiger partial charge >= 0.3 is 0 Å². The van der Waals surface area contributed by atoms with Crippen molar-refractivity contribution in [2.75, 3.05) is 31.6 Å². The van der Waals surface area contributed by atoms with Crippen LogP contribution in [0.3, 0.4) is 0 Å². The van der Waals surface area contributed by atoms with E-state index < -0.39 is 0 Å². The van der Waals surface area contributed by atoms with Crippen LogP contribution in [0.2, 0.25) is 0 Å². The summed E-state index contributed by atoms with van der Waals surface area (Å²) in [4.78, 5) is 4.32. The van der Waals surface area contributed by atoms with Crippen molar-refractivity contribution in [1.29, 1.82) is 0 Å². The number of rotatable bonds is 4. The van der Waals surface area contributed by atoms with Crippen molar-refractivity contribution in [1.82, 2.24) is 30.1 Å². The Kier molecular flexibility index (Phi) is 4.30. The first kappa shape index (κ1) is 15.0. The first-order valence-electron chi connectivity index (χ1n) is 8.10. The maximum absolute atomic E-state index is 5.80. The van der Waals surface area contributed by atoms with Gasteiger partial charge in [-0.05, 0) is 37.2 Å². The number of nitrogens with zero attached hydrogens (tertiary/aromatic N) is 5. The van der Waals surface area contributed by atoms with Gasteiger partial charge in [-0.1, -0.05) is 6.07 Å². The zero-order valence-electron chi connectivity index (χ0n) is 13.2. The van der Waals surface area contributed by atoms with Crippen LogP contribution < -0.4 is 10.6 Å². The second-order valence-electron chi connectivity index (χ2n) is 5.66. The van der Waals surface area contributed by atoms with Gasteiger partial charge in [0, 0.05) is 25.9 Å². The summed E-state index contributed by atoms with van der Waals surface area (Å²) >= 11 is 0. The van der Waals surface area contributed by atoms with Crippen LogP contribution in [0.5, 0.6) is 0 Å². The Hall–Kier alpha value is -2.58. The summed E-state index contributed by atoms with van der Waals surface area (Å²) in [7, 11) is 0. The van der Waals surface area contributed by atoms with Crippen molar-refractivity contribution in [3.05, 3.63) is 36.5 Å². The van der Waals surface area contributed by atoms with Crippen molar-refractivity contribution >= 4 is 11.5 Å². The fourth-order valence-electron chi connectivity index (χ4n) is 2.66. The molecule has 0 spiro atoms. The SMILES string of the molecule is c1ccc(-c2nnc3ccc(NCC4CNCCCO4)nn23)nc1. The zero-order valence-corrected chi connectivity index (χ0v) is 13.2. The number of hydrogen-bond acceptors (Lipinski definition) is 7. The smallest absolute Gasteiger partial charge is 0.203 e. The van der Waals surface area contributed by atoms with Gasteiger partial charge in [0.2, 0.25) is 5.82 Å². The lowest BCUT2D eigenvalue weighted by Crippen LogP contribution is -2.32. The Morgan fingerprint density at radius 1 is 1.25 bits per heavy atom. The highest BCUT2D eigenvalue weighted by Gasteiger charge is 2.14. The van der Waals surface area contributed by atoms with Gasteiger partial charge in [0.1, 0.15) is 11.5 Å². The van der Waals surface area contributed by atoms with Gasteiger partial charge in [-0.3, -0.25) is 4.98 Å². The quantitative estimate of drug-likeness (QED) is 0.739. The van der Waals surface area contributed by atoms with Crippen molar-refractivity contribution in [2.24, 2.45) is 0 Å². The molecule has 4 heterocycles. The Morgan fingerprint density at radius 2 is 2.25 bits per heavy atom. The predicted octanol–water partition coefficient (Wildman–Crippen LogP) is 0.977. The molecule has 3 aromatic rings. The van der Waals surface area contributed by atoms with E-state index in [0.717, 1.165) is 37.6 Å². The highest BCUT2D eigenvalue weighted by molar-refractivity contribution is 5.55. The average molecular weight is 325 g/mol. The zero-order chi connectivity index (χ0) is 16.2. The molecule has 0 amide bonds. The van der Waals surface area contributed by atoms with Crippen LogP contribution >= 0.6 is 0 Å². The second kappa shape index (κ2) is 6.90. The van der Waals surface area contributed by atoms with Crippen molar-refractivity contribution in [3.63, 3.8) is 0 Å². The van der Waals surface area contributed by atoms with Crippen LogP contribution in [0.25, 0.3) is 17.2 Å². The minimum atomic E-state index is 0.140. The van der Waals surface area contributed by atoms with E-state index in [9.17, 15) is 0 Å². The first-order valence-corrected chi connectivity index (χ1v) is 8.10. The van der Waals surface area contributed by atoms with E-state index in [1.165, 1.54) is 0 Å². The summed E-state index contributed by atoms with van der Waals surface area (Å²) in [5.74, 6) is 1.38. The van der Waals surface area contributed by atoms with Crippen molar-refractivity contribution < 1.29 is 4.74 Å². The van der Waals surface area contributed by atoms with Crippen LogP contribution in [0.15, 0.2) is 36.5 Å². The number of nitrogens with one attached hydrogen (secondary N) is 2. The number of aromatic nitrogens is 5. The molecule has 0 aromatic carbocycles. The molecule has 124 valence electrons. The molecule has 3 aromatic heterocycles. The molecule has 1 fully saturated rings. The molecule has 2 N–H and O–H groups in total. The number of pyridine rings is 1. The standard InChI is InChI=1S/C16H19N7O/c1-2-8-18-13(4-1)16-21-20-15-6-5-14(22-23(15)16)19-11-12-10-17-7-3-9-24-12/h1-2,4-6,8,12,17H,3,7,9-11H2,(H,19,22). The number of hydrogen-bond donors (Lipinski definition) is 2. The van der Waals surface area contributed by atoms with Crippen LogP contribution in [-0.4, -0.2) is 57.1 Å². The van der Waals surface area contributed by atoms with Gasteiger partial charge in [0.25, 0.3) is 0 Å². The van der Waals surface area contributed by atoms with Crippen LogP contribution in [0, 0.1) is 0 Å². The fraction of sp³-hybridized carbons (Fsp3) is 0.375. The predicted molar refractivity (Wildman–Crippen MR) is 89.7 cm³/mol. The molecule has 0 saturated carbocycles. The minimum Gasteiger partial charge on any atom is -0.375 e. The average Bonchev–Trinajstić information content (AvgIpc) is 2.87. The molecule has 1 unspecified atom stereocenters. The molecular formula is C16H19N7O. The fourth-order valence-corrected chi connectivity index (χ4v) is 2.66. The largest absolute Gasteiger partial charge is 0.375 e. The molecule has 4 rings (SSSR count). The summed E-state index contributed by atoms with van der Waals surface area (Å²) in [6.45, 7) is 3.35. The maximum Gasteiger partial charge on any atom is 0.203 e. The monoisotopic (exact) mass is 325 g/mol. The maximum atomic E-state index is 5.80. The minimum absolute atomic E-state index is 0.140. The van der Waals surface area contributed by atoms with E-state index in [1.807, 2.05) is 30.3 Å². The van der Waals surface area contributed by atoms with Crippen molar-refractivity contribution in [3.8, 4) is 11.5 Å². The Morgan fingerprint density at radius 3 is 3.17 bits per heavy atom. The van der Waals surface area contributed by atoms with Gasteiger partial charge in [-0.2, -0.15) is 4.52 Å². The van der Waals surface area contributed by atoms with E-state index in [4.69, 9.17) is 4.74 Å². The summed E-state index contributed by atoms with van der Waals surface area (Å²) in [6, 6.07) is 9.47. The summed E-state index contributed by atoms with van der Waals surface area (Å²) in [5, 5.41) is 19.6. The summed E-state index contributed by atoms with van der Waals surface area (Å²) < 4.78 is 7.50. The van der Waals surface area contributed by atoms with E-state index in [2.05, 4.69) is 30.9 Å². The third-order valence-electron chi connectivity index (χ3n) is 3.89. The van der Waals surface area contributed by atoms with Crippen LogP contribution in [0.4, 0.5) is 5.82 Å². The third kappa shape index (κ3) is 3.19. The van der Waals surface area contributed by atoms with E-state index in [1.54, 1.807) is 10.7 Å². The van der Waals surface area contributed by atoms with Crippen LogP contribution in [-0.2, 0) is 4.74 Å². The van der Waals surface area contributed by atoms with Gasteiger partial charge in [-0.25, -0.2) is 0 Å². The molecule has 1 aliphatic rings. The van der Waals surface area contributed by atoms with Crippen molar-refractivity contribution in [2.45, 2.75) is 12.5 Å². The topological polar surface area (TPSA) is 89.3 Å². The molecule has 0 radical (unpaired) electrons. The summed E-state index contributed by atoms with van der Waals surface area (Å²) in [6.07, 6.45) is 2.92. The van der Waals surface area contributed by atoms with Crippen LogP contribution in [0.1, 0.15) is 6.42 Å². The molecule has 24 heavy (non-hydrogen) atoms. The first-order chi connectivity index (χ1) is 11.9. The number of ether oxygens (including phenoxy) is 1. The highest BCUT2D eigenvalue weighted by atomic mass is 16.5. The van der Waals surface area contributed by atoms with Gasteiger partial charge in [0.15, 0.2) is 5.65 Å². The Balaban J connectivity index is 1.54. The molecule has 0 aliphatic carbocycles. The molecule has 1 saturated heterocycles. The third-order valence-corrected chi connectivity index (χ3v) is 3.89. The molecular weight excluding hydrogens is 306 g/mol. The molecule has 8 nitrogen and oxygen atoms in total. The van der Waals surface area contributed by atoms with Gasteiger partial charge in [-0.15, -0.1) is 15.3 Å². The Labute approximate surface area is 139 Å². The molecule has 1 atom stereocenters. The lowest BCUT2D eigenvalue weighted by atomic mass is 10.3. The molecule has 0 bridgehead atoms. The van der Waals surface area contributed by atoms with E-state index in [0.29, 0.717) is 18.0 Å². The number of anilines is 1. The van der Waals surface area contributed by atoms with Gasteiger partial charge in [0.05, 0.1) is 6.10 Å². The second-order valence-corrected chi connectivity index (χ2v) is 5.66. The van der Waals surface area contributed by atoms with E-state index in [-0.39, 0.29) is 6.10 Å². The lowest BCUT2D eigenvalue weighted by Gasteiger charge is -2.16. The van der Waals surface area contributed by atoms with Gasteiger partial charge < -0.3 is 15.4 Å². The molecule has 1 aliphatic heterocycles.